The third-order valence-electron chi connectivity index (χ3n) is 1.28. The monoisotopic (exact) mass is 179 g/mol. The van der Waals surface area contributed by atoms with Gasteiger partial charge in [0.1, 0.15) is 11.6 Å². The van der Waals surface area contributed by atoms with Gasteiger partial charge in [-0.15, -0.1) is 5.46 Å². The second-order valence-electron chi connectivity index (χ2n) is 2.32. The van der Waals surface area contributed by atoms with Crippen LogP contribution in [0.25, 0.3) is 0 Å². The van der Waals surface area contributed by atoms with Crippen molar-refractivity contribution in [2.75, 3.05) is 0 Å². The van der Waals surface area contributed by atoms with Crippen molar-refractivity contribution in [2.45, 2.75) is 0 Å². The zero-order valence-corrected chi connectivity index (χ0v) is 5.77. The van der Waals surface area contributed by atoms with Crippen LogP contribution in [0.5, 0.6) is 5.75 Å². The van der Waals surface area contributed by atoms with Gasteiger partial charge in [0.15, 0.2) is 0 Å². The molecule has 1 aromatic rings. The predicted octanol–water partition coefficient (Wildman–Crippen LogP) is 1.59. The molecule has 0 heterocycles. The third-order valence-corrected chi connectivity index (χ3v) is 1.28. The van der Waals surface area contributed by atoms with Crippen molar-refractivity contribution in [3.05, 3.63) is 24.0 Å². The van der Waals surface area contributed by atoms with Crippen molar-refractivity contribution >= 4 is 12.4 Å². The lowest BCUT2D eigenvalue weighted by Gasteiger charge is -2.14. The normalized spacial score (nSPS) is 11.7. The first-order chi connectivity index (χ1) is 5.39. The minimum atomic E-state index is -5.24. The summed E-state index contributed by atoms with van der Waals surface area (Å²) in [5, 5.41) is 8.63. The number of hydrogen-bond donors (Lipinski definition) is 1. The summed E-state index contributed by atoms with van der Waals surface area (Å²) in [6.07, 6.45) is 0. The number of halogens is 4. The van der Waals surface area contributed by atoms with Crippen molar-refractivity contribution in [1.82, 2.24) is 0 Å². The van der Waals surface area contributed by atoms with Crippen molar-refractivity contribution in [3.63, 3.8) is 0 Å². The van der Waals surface area contributed by atoms with Crippen LogP contribution >= 0.6 is 0 Å². The van der Waals surface area contributed by atoms with E-state index in [1.54, 1.807) is 0 Å². The number of phenols is 1. The quantitative estimate of drug-likeness (QED) is 0.512. The number of rotatable bonds is 1. The van der Waals surface area contributed by atoms with Gasteiger partial charge in [0.25, 0.3) is 0 Å². The van der Waals surface area contributed by atoms with Crippen molar-refractivity contribution in [2.24, 2.45) is 0 Å². The van der Waals surface area contributed by atoms with E-state index in [1.165, 1.54) is 0 Å². The lowest BCUT2D eigenvalue weighted by atomic mass is 9.80. The fraction of sp³-hybridized carbons (Fsp3) is 0. The molecule has 6 heteroatoms. The molecule has 1 aromatic carbocycles. The molecule has 0 aliphatic carbocycles. The summed E-state index contributed by atoms with van der Waals surface area (Å²) in [5.74, 6) is -1.81. The highest BCUT2D eigenvalue weighted by molar-refractivity contribution is 6.73. The Bertz CT molecular complexity index is 276. The van der Waals surface area contributed by atoms with Gasteiger partial charge in [0, 0.05) is 6.07 Å². The smallest absolute Gasteiger partial charge is 0.508 e. The van der Waals surface area contributed by atoms with Gasteiger partial charge in [-0.3, -0.25) is 0 Å². The first kappa shape index (κ1) is 8.90. The Morgan fingerprint density at radius 2 is 1.67 bits per heavy atom. The minimum Gasteiger partial charge on any atom is -0.508 e. The maximum atomic E-state index is 12.3. The molecule has 12 heavy (non-hydrogen) atoms. The van der Waals surface area contributed by atoms with E-state index in [-0.39, 0.29) is 0 Å². The van der Waals surface area contributed by atoms with Crippen molar-refractivity contribution in [3.8, 4) is 5.75 Å². The Labute approximate surface area is 65.7 Å². The second kappa shape index (κ2) is 2.69. The van der Waals surface area contributed by atoms with Crippen LogP contribution in [0.3, 0.4) is 0 Å². The van der Waals surface area contributed by atoms with Crippen LogP contribution in [0.1, 0.15) is 0 Å². The van der Waals surface area contributed by atoms with E-state index in [4.69, 9.17) is 5.11 Å². The van der Waals surface area contributed by atoms with Gasteiger partial charge in [0.05, 0.1) is 0 Å². The molecule has 0 saturated carbocycles. The summed E-state index contributed by atoms with van der Waals surface area (Å²) in [6.45, 7) is -5.24. The highest BCUT2D eigenvalue weighted by Crippen LogP contribution is 2.14. The van der Waals surface area contributed by atoms with Crippen LogP contribution in [0, 0.1) is 5.82 Å². The Hall–Kier alpha value is -1.20. The largest absolute Gasteiger partial charge is 0.509 e. The lowest BCUT2D eigenvalue weighted by Crippen LogP contribution is -2.34. The molecule has 0 amide bonds. The number of aromatic hydroxyl groups is 1. The maximum absolute atomic E-state index is 12.3. The number of hydrogen-bond acceptors (Lipinski definition) is 1. The maximum Gasteiger partial charge on any atom is 0.509 e. The molecule has 0 unspecified atom stereocenters. The Balaban J connectivity index is 3.18. The van der Waals surface area contributed by atoms with Crippen molar-refractivity contribution < 1.29 is 22.4 Å². The molecule has 0 aromatic heterocycles. The molecule has 1 nitrogen and oxygen atoms in total. The standard InChI is InChI=1S/C6H4BF4O/c8-5-1-4(7(9,10)11)2-6(12)3-5/h1-3,12H/q-1. The van der Waals surface area contributed by atoms with E-state index < -0.39 is 24.0 Å². The fourth-order valence-electron chi connectivity index (χ4n) is 0.785. The first-order valence-corrected chi connectivity index (χ1v) is 3.09. The van der Waals surface area contributed by atoms with Gasteiger partial charge in [-0.2, -0.15) is 0 Å². The van der Waals surface area contributed by atoms with Gasteiger partial charge >= 0.3 is 6.98 Å². The first-order valence-electron chi connectivity index (χ1n) is 3.09. The summed E-state index contributed by atoms with van der Waals surface area (Å²) in [4.78, 5) is 0. The molecule has 0 aliphatic heterocycles. The summed E-state index contributed by atoms with van der Waals surface area (Å²) >= 11 is 0. The van der Waals surface area contributed by atoms with Gasteiger partial charge in [-0.25, -0.2) is 4.39 Å². The molecule has 1 rings (SSSR count). The lowest BCUT2D eigenvalue weighted by molar-refractivity contribution is 0.466. The van der Waals surface area contributed by atoms with Crippen LogP contribution in [0.4, 0.5) is 17.3 Å². The Kier molecular flexibility index (Phi) is 2.00. The molecule has 1 N–H and O–H groups in total. The molecule has 66 valence electrons. The molecule has 0 aliphatic rings. The van der Waals surface area contributed by atoms with Crippen LogP contribution in [-0.4, -0.2) is 12.1 Å². The SMILES string of the molecule is Oc1cc(F)cc([B-](F)(F)F)c1. The summed E-state index contributed by atoms with van der Waals surface area (Å²) in [6, 6.07) is 1.45. The molecule has 0 saturated heterocycles. The van der Waals surface area contributed by atoms with Gasteiger partial charge in [-0.05, 0) is 6.07 Å². The summed E-state index contributed by atoms with van der Waals surface area (Å²) < 4.78 is 48.1. The van der Waals surface area contributed by atoms with Crippen LogP contribution < -0.4 is 5.46 Å². The fourth-order valence-corrected chi connectivity index (χ4v) is 0.785. The average molecular weight is 179 g/mol. The number of phenolic OH excluding ortho intramolecular Hbond substituents is 1. The van der Waals surface area contributed by atoms with Gasteiger partial charge in [0.2, 0.25) is 0 Å². The highest BCUT2D eigenvalue weighted by Gasteiger charge is 2.26. The van der Waals surface area contributed by atoms with E-state index >= 15 is 0 Å². The summed E-state index contributed by atoms with van der Waals surface area (Å²) in [7, 11) is 0. The molecule has 0 atom stereocenters. The predicted molar refractivity (Wildman–Crippen MR) is 36.8 cm³/mol. The van der Waals surface area contributed by atoms with Crippen LogP contribution in [-0.2, 0) is 0 Å². The molecular weight excluding hydrogens is 175 g/mol. The van der Waals surface area contributed by atoms with E-state index in [9.17, 15) is 17.3 Å². The van der Waals surface area contributed by atoms with Gasteiger partial charge in [-0.1, -0.05) is 6.07 Å². The average Bonchev–Trinajstić information content (AvgIpc) is 1.82. The van der Waals surface area contributed by atoms with Crippen molar-refractivity contribution in [1.29, 1.82) is 0 Å². The second-order valence-corrected chi connectivity index (χ2v) is 2.32. The van der Waals surface area contributed by atoms with E-state index in [2.05, 4.69) is 0 Å². The molecule has 0 fully saturated rings. The zero-order valence-electron chi connectivity index (χ0n) is 5.77. The minimum absolute atomic E-state index is 0.347. The third kappa shape index (κ3) is 1.90. The van der Waals surface area contributed by atoms with E-state index in [0.717, 1.165) is 0 Å². The molecule has 0 bridgehead atoms. The zero-order chi connectivity index (χ0) is 9.35. The topological polar surface area (TPSA) is 20.2 Å². The Morgan fingerprint density at radius 3 is 2.08 bits per heavy atom. The van der Waals surface area contributed by atoms with Gasteiger partial charge < -0.3 is 18.1 Å². The summed E-state index contributed by atoms with van der Waals surface area (Å²) in [5.41, 5.74) is -1.13. The highest BCUT2D eigenvalue weighted by atomic mass is 19.4. The molecular formula is C6H4BF4O-. The van der Waals surface area contributed by atoms with Crippen LogP contribution in [0.15, 0.2) is 18.2 Å². The molecule has 0 spiro atoms. The van der Waals surface area contributed by atoms with E-state index in [1.807, 2.05) is 0 Å². The molecule has 0 radical (unpaired) electrons. The number of benzene rings is 1. The Morgan fingerprint density at radius 1 is 1.08 bits per heavy atom. The van der Waals surface area contributed by atoms with E-state index in [0.29, 0.717) is 18.2 Å². The van der Waals surface area contributed by atoms with Crippen LogP contribution in [0.2, 0.25) is 0 Å².